The Hall–Kier alpha value is -1.49. The van der Waals surface area contributed by atoms with E-state index >= 15 is 0 Å². The number of aromatic nitrogens is 1. The van der Waals surface area contributed by atoms with Crippen LogP contribution in [-0.2, 0) is 4.74 Å². The highest BCUT2D eigenvalue weighted by Gasteiger charge is 2.15. The number of rotatable bonds is 6. The molecule has 1 heterocycles. The molecule has 0 radical (unpaired) electrons. The van der Waals surface area contributed by atoms with Crippen molar-refractivity contribution < 1.29 is 14.2 Å². The van der Waals surface area contributed by atoms with Gasteiger partial charge in [0.2, 0.25) is 11.8 Å². The van der Waals surface area contributed by atoms with Gasteiger partial charge in [-0.15, -0.1) is 0 Å². The zero-order valence-electron chi connectivity index (χ0n) is 12.4. The Morgan fingerprint density at radius 2 is 1.89 bits per heavy atom. The van der Waals surface area contributed by atoms with Crippen molar-refractivity contribution in [2.45, 2.75) is 46.3 Å². The molecule has 0 amide bonds. The number of pyridine rings is 1. The van der Waals surface area contributed by atoms with Crippen LogP contribution in [0.3, 0.4) is 0 Å². The number of hydrogen-bond acceptors (Lipinski definition) is 5. The molecule has 108 valence electrons. The summed E-state index contributed by atoms with van der Waals surface area (Å²) in [5.74, 6) is 0.885. The summed E-state index contributed by atoms with van der Waals surface area (Å²) in [6.07, 6.45) is 0.197. The van der Waals surface area contributed by atoms with Gasteiger partial charge in [-0.25, -0.2) is 0 Å². The molecule has 0 aromatic carbocycles. The molecule has 0 unspecified atom stereocenters. The molecule has 1 aromatic rings. The molecular weight excluding hydrogens is 244 g/mol. The van der Waals surface area contributed by atoms with Gasteiger partial charge in [0.05, 0.1) is 18.4 Å². The van der Waals surface area contributed by atoms with E-state index in [0.717, 1.165) is 0 Å². The lowest BCUT2D eigenvalue weighted by Crippen LogP contribution is -2.24. The summed E-state index contributed by atoms with van der Waals surface area (Å²) in [5, 5.41) is 0. The number of anilines is 1. The molecular formula is C14H24N2O3. The zero-order valence-corrected chi connectivity index (χ0v) is 12.4. The smallest absolute Gasteiger partial charge is 0.241 e. The van der Waals surface area contributed by atoms with Crippen molar-refractivity contribution in [2.75, 3.05) is 18.9 Å². The quantitative estimate of drug-likeness (QED) is 0.803. The zero-order chi connectivity index (χ0) is 14.5. The minimum Gasteiger partial charge on any atom is -0.475 e. The van der Waals surface area contributed by atoms with Gasteiger partial charge in [-0.05, 0) is 40.7 Å². The van der Waals surface area contributed by atoms with E-state index in [0.29, 0.717) is 30.7 Å². The first-order chi connectivity index (χ1) is 8.78. The van der Waals surface area contributed by atoms with E-state index in [4.69, 9.17) is 19.9 Å². The maximum absolute atomic E-state index is 5.82. The summed E-state index contributed by atoms with van der Waals surface area (Å²) in [5.41, 5.74) is 5.98. The summed E-state index contributed by atoms with van der Waals surface area (Å²) in [4.78, 5) is 4.25. The molecule has 0 aliphatic rings. The van der Waals surface area contributed by atoms with Gasteiger partial charge in [-0.2, -0.15) is 4.98 Å². The van der Waals surface area contributed by atoms with E-state index in [1.165, 1.54) is 0 Å². The average Bonchev–Trinajstić information content (AvgIpc) is 2.26. The lowest BCUT2D eigenvalue weighted by molar-refractivity contribution is 0.0537. The van der Waals surface area contributed by atoms with E-state index in [2.05, 4.69) is 4.98 Å². The van der Waals surface area contributed by atoms with Gasteiger partial charge in [-0.1, -0.05) is 0 Å². The molecule has 0 atom stereocenters. The van der Waals surface area contributed by atoms with Crippen molar-refractivity contribution in [3.8, 4) is 11.8 Å². The van der Waals surface area contributed by atoms with Crippen LogP contribution in [0.15, 0.2) is 12.1 Å². The van der Waals surface area contributed by atoms with Gasteiger partial charge in [0.1, 0.15) is 12.2 Å². The van der Waals surface area contributed by atoms with E-state index in [-0.39, 0.29) is 11.7 Å². The Kier molecular flexibility index (Phi) is 5.42. The summed E-state index contributed by atoms with van der Waals surface area (Å²) in [7, 11) is 0. The van der Waals surface area contributed by atoms with E-state index in [1.807, 2.05) is 34.6 Å². The maximum Gasteiger partial charge on any atom is 0.241 e. The molecule has 0 saturated carbocycles. The second-order valence-electron chi connectivity index (χ2n) is 5.53. The van der Waals surface area contributed by atoms with Gasteiger partial charge in [0, 0.05) is 6.07 Å². The fourth-order valence-corrected chi connectivity index (χ4v) is 1.32. The normalized spacial score (nSPS) is 11.7. The first-order valence-corrected chi connectivity index (χ1v) is 6.48. The standard InChI is InChI=1S/C14H24N2O3/c1-10(2)17-8-9-18-12-7-6-11(15)13(16-12)19-14(3,4)5/h6-7,10H,8-9,15H2,1-5H3. The van der Waals surface area contributed by atoms with Crippen LogP contribution < -0.4 is 15.2 Å². The molecule has 0 aliphatic heterocycles. The van der Waals surface area contributed by atoms with Crippen LogP contribution in [0, 0.1) is 0 Å². The minimum atomic E-state index is -0.347. The number of nitrogens with two attached hydrogens (primary N) is 1. The van der Waals surface area contributed by atoms with Crippen molar-refractivity contribution in [2.24, 2.45) is 0 Å². The molecule has 0 spiro atoms. The second kappa shape index (κ2) is 6.61. The Morgan fingerprint density at radius 3 is 2.47 bits per heavy atom. The highest BCUT2D eigenvalue weighted by atomic mass is 16.5. The third-order valence-corrected chi connectivity index (χ3v) is 2.05. The van der Waals surface area contributed by atoms with E-state index in [9.17, 15) is 0 Å². The molecule has 0 saturated heterocycles. The molecule has 1 aromatic heterocycles. The predicted molar refractivity (Wildman–Crippen MR) is 75.6 cm³/mol. The third kappa shape index (κ3) is 6.29. The highest BCUT2D eigenvalue weighted by molar-refractivity contribution is 5.49. The molecule has 2 N–H and O–H groups in total. The van der Waals surface area contributed by atoms with Gasteiger partial charge < -0.3 is 19.9 Å². The second-order valence-corrected chi connectivity index (χ2v) is 5.53. The van der Waals surface area contributed by atoms with Gasteiger partial charge in [-0.3, -0.25) is 0 Å². The van der Waals surface area contributed by atoms with Crippen LogP contribution in [0.4, 0.5) is 5.69 Å². The van der Waals surface area contributed by atoms with Crippen molar-refractivity contribution in [1.82, 2.24) is 4.98 Å². The Labute approximate surface area is 115 Å². The van der Waals surface area contributed by atoms with Gasteiger partial charge in [0.25, 0.3) is 0 Å². The lowest BCUT2D eigenvalue weighted by atomic mass is 10.2. The van der Waals surface area contributed by atoms with Gasteiger partial charge >= 0.3 is 0 Å². The minimum absolute atomic E-state index is 0.197. The SMILES string of the molecule is CC(C)OCCOc1ccc(N)c(OC(C)(C)C)n1. The van der Waals surface area contributed by atoms with Crippen LogP contribution in [0.5, 0.6) is 11.8 Å². The Bertz CT molecular complexity index is 400. The first-order valence-electron chi connectivity index (χ1n) is 6.48. The first kappa shape index (κ1) is 15.6. The number of ether oxygens (including phenoxy) is 3. The topological polar surface area (TPSA) is 66.6 Å². The maximum atomic E-state index is 5.82. The summed E-state index contributed by atoms with van der Waals surface area (Å²) in [6, 6.07) is 3.45. The molecule has 0 bridgehead atoms. The third-order valence-electron chi connectivity index (χ3n) is 2.05. The number of nitrogen functional groups attached to an aromatic ring is 1. The van der Waals surface area contributed by atoms with Crippen molar-refractivity contribution in [3.05, 3.63) is 12.1 Å². The summed E-state index contributed by atoms with van der Waals surface area (Å²) >= 11 is 0. The van der Waals surface area contributed by atoms with Gasteiger partial charge in [0.15, 0.2) is 0 Å². The largest absolute Gasteiger partial charge is 0.475 e. The van der Waals surface area contributed by atoms with Crippen molar-refractivity contribution in [3.63, 3.8) is 0 Å². The fraction of sp³-hybridized carbons (Fsp3) is 0.643. The Morgan fingerprint density at radius 1 is 1.21 bits per heavy atom. The molecule has 0 fully saturated rings. The predicted octanol–water partition coefficient (Wildman–Crippen LogP) is 2.64. The van der Waals surface area contributed by atoms with Crippen LogP contribution in [0.2, 0.25) is 0 Å². The highest BCUT2D eigenvalue weighted by Crippen LogP contribution is 2.25. The summed E-state index contributed by atoms with van der Waals surface area (Å²) < 4.78 is 16.6. The van der Waals surface area contributed by atoms with Crippen molar-refractivity contribution in [1.29, 1.82) is 0 Å². The number of hydrogen-bond donors (Lipinski definition) is 1. The monoisotopic (exact) mass is 268 g/mol. The summed E-state index contributed by atoms with van der Waals surface area (Å²) in [6.45, 7) is 10.8. The molecule has 5 heteroatoms. The Balaban J connectivity index is 2.58. The van der Waals surface area contributed by atoms with Crippen molar-refractivity contribution >= 4 is 5.69 Å². The van der Waals surface area contributed by atoms with Crippen LogP contribution in [-0.4, -0.2) is 29.9 Å². The fourth-order valence-electron chi connectivity index (χ4n) is 1.32. The average molecular weight is 268 g/mol. The van der Waals surface area contributed by atoms with E-state index < -0.39 is 0 Å². The van der Waals surface area contributed by atoms with Crippen LogP contribution in [0.1, 0.15) is 34.6 Å². The molecule has 19 heavy (non-hydrogen) atoms. The van der Waals surface area contributed by atoms with Crippen LogP contribution in [0.25, 0.3) is 0 Å². The lowest BCUT2D eigenvalue weighted by Gasteiger charge is -2.21. The van der Waals surface area contributed by atoms with E-state index in [1.54, 1.807) is 12.1 Å². The van der Waals surface area contributed by atoms with Crippen LogP contribution >= 0.6 is 0 Å². The molecule has 1 rings (SSSR count). The number of nitrogens with zero attached hydrogens (tertiary/aromatic N) is 1. The molecule has 0 aliphatic carbocycles. The molecule has 5 nitrogen and oxygen atoms in total.